The van der Waals surface area contributed by atoms with Crippen LogP contribution in [0.25, 0.3) is 0 Å². The number of hydrogen-bond donors (Lipinski definition) is 1. The van der Waals surface area contributed by atoms with E-state index in [2.05, 4.69) is 10.1 Å². The standard InChI is InChI=1S/C9H16F3NO/c1-7(14-6-9(10,11)12)4-5-13-8-2-3-8/h7-8,13H,2-6H2,1H3. The van der Waals surface area contributed by atoms with Crippen LogP contribution < -0.4 is 5.32 Å². The van der Waals surface area contributed by atoms with Gasteiger partial charge in [0.1, 0.15) is 6.61 Å². The Morgan fingerprint density at radius 2 is 2.07 bits per heavy atom. The summed E-state index contributed by atoms with van der Waals surface area (Å²) in [5.41, 5.74) is 0. The van der Waals surface area contributed by atoms with Crippen LogP contribution in [0.5, 0.6) is 0 Å². The summed E-state index contributed by atoms with van der Waals surface area (Å²) in [6, 6.07) is 0.602. The first-order valence-electron chi connectivity index (χ1n) is 4.89. The number of halogens is 3. The predicted octanol–water partition coefficient (Wildman–Crippen LogP) is 2.10. The molecule has 0 aromatic heterocycles. The molecule has 1 fully saturated rings. The van der Waals surface area contributed by atoms with Gasteiger partial charge in [-0.2, -0.15) is 13.2 Å². The molecule has 1 N–H and O–H groups in total. The lowest BCUT2D eigenvalue weighted by Crippen LogP contribution is -2.26. The number of ether oxygens (including phenoxy) is 1. The van der Waals surface area contributed by atoms with Crippen LogP contribution in [0.3, 0.4) is 0 Å². The van der Waals surface area contributed by atoms with E-state index in [4.69, 9.17) is 0 Å². The third-order valence-corrected chi connectivity index (χ3v) is 2.09. The van der Waals surface area contributed by atoms with E-state index in [1.54, 1.807) is 6.92 Å². The Hall–Kier alpha value is -0.290. The summed E-state index contributed by atoms with van der Waals surface area (Å²) >= 11 is 0. The van der Waals surface area contributed by atoms with Gasteiger partial charge in [-0.05, 0) is 32.7 Å². The van der Waals surface area contributed by atoms with Gasteiger partial charge in [-0.3, -0.25) is 0 Å². The fraction of sp³-hybridized carbons (Fsp3) is 1.00. The maximum atomic E-state index is 11.7. The van der Waals surface area contributed by atoms with Crippen molar-refractivity contribution in [3.05, 3.63) is 0 Å². The summed E-state index contributed by atoms with van der Waals surface area (Å²) in [5, 5.41) is 3.22. The minimum absolute atomic E-state index is 0.331. The van der Waals surface area contributed by atoms with Gasteiger partial charge in [0.25, 0.3) is 0 Å². The molecule has 84 valence electrons. The van der Waals surface area contributed by atoms with Crippen LogP contribution in [0.15, 0.2) is 0 Å². The van der Waals surface area contributed by atoms with E-state index in [0.29, 0.717) is 12.5 Å². The molecular formula is C9H16F3NO. The van der Waals surface area contributed by atoms with Gasteiger partial charge >= 0.3 is 6.18 Å². The van der Waals surface area contributed by atoms with Gasteiger partial charge in [0.05, 0.1) is 6.10 Å². The molecular weight excluding hydrogens is 195 g/mol. The molecule has 14 heavy (non-hydrogen) atoms. The second-order valence-corrected chi connectivity index (χ2v) is 3.75. The average molecular weight is 211 g/mol. The third-order valence-electron chi connectivity index (χ3n) is 2.09. The Balaban J connectivity index is 1.94. The van der Waals surface area contributed by atoms with E-state index in [9.17, 15) is 13.2 Å². The monoisotopic (exact) mass is 211 g/mol. The van der Waals surface area contributed by atoms with Crippen LogP contribution in [0.2, 0.25) is 0 Å². The summed E-state index contributed by atoms with van der Waals surface area (Å²) in [7, 11) is 0. The smallest absolute Gasteiger partial charge is 0.369 e. The van der Waals surface area contributed by atoms with Gasteiger partial charge in [-0.1, -0.05) is 0 Å². The van der Waals surface area contributed by atoms with Crippen LogP contribution in [0.1, 0.15) is 26.2 Å². The molecule has 0 bridgehead atoms. The van der Waals surface area contributed by atoms with Gasteiger partial charge in [0.2, 0.25) is 0 Å². The SMILES string of the molecule is CC(CCNC1CC1)OCC(F)(F)F. The molecule has 1 atom stereocenters. The second kappa shape index (κ2) is 4.98. The topological polar surface area (TPSA) is 21.3 Å². The van der Waals surface area contributed by atoms with E-state index in [0.717, 1.165) is 6.54 Å². The van der Waals surface area contributed by atoms with Crippen molar-refractivity contribution in [2.24, 2.45) is 0 Å². The van der Waals surface area contributed by atoms with E-state index in [1.165, 1.54) is 12.8 Å². The normalized spacial score (nSPS) is 19.7. The molecule has 1 aliphatic carbocycles. The van der Waals surface area contributed by atoms with Crippen molar-refractivity contribution in [2.45, 2.75) is 44.5 Å². The fourth-order valence-electron chi connectivity index (χ4n) is 1.10. The highest BCUT2D eigenvalue weighted by atomic mass is 19.4. The van der Waals surface area contributed by atoms with E-state index in [1.807, 2.05) is 0 Å². The van der Waals surface area contributed by atoms with Crippen molar-refractivity contribution in [3.63, 3.8) is 0 Å². The molecule has 1 aliphatic rings. The minimum Gasteiger partial charge on any atom is -0.369 e. The van der Waals surface area contributed by atoms with Crippen molar-refractivity contribution >= 4 is 0 Å². The zero-order valence-corrected chi connectivity index (χ0v) is 8.23. The van der Waals surface area contributed by atoms with Gasteiger partial charge in [0, 0.05) is 6.04 Å². The summed E-state index contributed by atoms with van der Waals surface area (Å²) in [5.74, 6) is 0. The Kier molecular flexibility index (Phi) is 4.19. The zero-order valence-electron chi connectivity index (χ0n) is 8.23. The van der Waals surface area contributed by atoms with Crippen molar-refractivity contribution in [3.8, 4) is 0 Å². The number of nitrogens with one attached hydrogen (secondary N) is 1. The highest BCUT2D eigenvalue weighted by Crippen LogP contribution is 2.19. The first kappa shape index (κ1) is 11.8. The van der Waals surface area contributed by atoms with Crippen molar-refractivity contribution in [1.82, 2.24) is 5.32 Å². The molecule has 1 rings (SSSR count). The van der Waals surface area contributed by atoms with Crippen LogP contribution in [-0.4, -0.2) is 31.5 Å². The number of hydrogen-bond acceptors (Lipinski definition) is 2. The Morgan fingerprint density at radius 3 is 2.57 bits per heavy atom. The lowest BCUT2D eigenvalue weighted by atomic mass is 10.3. The fourth-order valence-corrected chi connectivity index (χ4v) is 1.10. The molecule has 0 aliphatic heterocycles. The molecule has 0 amide bonds. The quantitative estimate of drug-likeness (QED) is 0.726. The minimum atomic E-state index is -4.21. The van der Waals surface area contributed by atoms with Gasteiger partial charge < -0.3 is 10.1 Å². The Bertz CT molecular complexity index is 168. The zero-order chi connectivity index (χ0) is 10.6. The second-order valence-electron chi connectivity index (χ2n) is 3.75. The van der Waals surface area contributed by atoms with E-state index in [-0.39, 0.29) is 6.10 Å². The molecule has 0 spiro atoms. The number of alkyl halides is 3. The van der Waals surface area contributed by atoms with Crippen LogP contribution in [0, 0.1) is 0 Å². The molecule has 0 radical (unpaired) electrons. The van der Waals surface area contributed by atoms with Gasteiger partial charge in [-0.25, -0.2) is 0 Å². The van der Waals surface area contributed by atoms with Crippen LogP contribution in [0.4, 0.5) is 13.2 Å². The lowest BCUT2D eigenvalue weighted by molar-refractivity contribution is -0.184. The first-order chi connectivity index (χ1) is 6.47. The largest absolute Gasteiger partial charge is 0.411 e. The van der Waals surface area contributed by atoms with Crippen molar-refractivity contribution in [1.29, 1.82) is 0 Å². The molecule has 0 heterocycles. The summed E-state index contributed by atoms with van der Waals surface area (Å²) in [4.78, 5) is 0. The molecule has 0 aromatic rings. The van der Waals surface area contributed by atoms with Crippen molar-refractivity contribution < 1.29 is 17.9 Å². The molecule has 0 aromatic carbocycles. The van der Waals surface area contributed by atoms with Crippen LogP contribution >= 0.6 is 0 Å². The van der Waals surface area contributed by atoms with E-state index >= 15 is 0 Å². The summed E-state index contributed by atoms with van der Waals surface area (Å²) in [6.07, 6.45) is -1.52. The number of rotatable bonds is 6. The molecule has 1 unspecified atom stereocenters. The first-order valence-corrected chi connectivity index (χ1v) is 4.89. The maximum absolute atomic E-state index is 11.7. The van der Waals surface area contributed by atoms with Gasteiger partial charge in [0.15, 0.2) is 0 Å². The highest BCUT2D eigenvalue weighted by Gasteiger charge is 2.28. The average Bonchev–Trinajstić information content (AvgIpc) is 2.83. The maximum Gasteiger partial charge on any atom is 0.411 e. The summed E-state index contributed by atoms with van der Waals surface area (Å²) in [6.45, 7) is 1.27. The molecule has 1 saturated carbocycles. The van der Waals surface area contributed by atoms with Gasteiger partial charge in [-0.15, -0.1) is 0 Å². The highest BCUT2D eigenvalue weighted by molar-refractivity contribution is 4.80. The lowest BCUT2D eigenvalue weighted by Gasteiger charge is -2.14. The van der Waals surface area contributed by atoms with E-state index < -0.39 is 12.8 Å². The Labute approximate surface area is 81.8 Å². The predicted molar refractivity (Wildman–Crippen MR) is 47.1 cm³/mol. The van der Waals surface area contributed by atoms with Crippen LogP contribution in [-0.2, 0) is 4.74 Å². The molecule has 5 heteroatoms. The Morgan fingerprint density at radius 1 is 1.43 bits per heavy atom. The molecule has 0 saturated heterocycles. The summed E-state index contributed by atoms with van der Waals surface area (Å²) < 4.78 is 39.9. The van der Waals surface area contributed by atoms with Crippen molar-refractivity contribution in [2.75, 3.05) is 13.2 Å². The third kappa shape index (κ3) is 6.21. The molecule has 2 nitrogen and oxygen atoms in total.